The smallest absolute Gasteiger partial charge is 0.129 e. The van der Waals surface area contributed by atoms with Gasteiger partial charge in [0.25, 0.3) is 0 Å². The minimum atomic E-state index is 0.480. The molecule has 0 saturated carbocycles. The summed E-state index contributed by atoms with van der Waals surface area (Å²) in [5, 5.41) is 4.97. The van der Waals surface area contributed by atoms with Gasteiger partial charge >= 0.3 is 0 Å². The van der Waals surface area contributed by atoms with Crippen LogP contribution < -0.4 is 0 Å². The number of pyridine rings is 2. The molecule has 0 unspecified atom stereocenters. The van der Waals surface area contributed by atoms with Crippen LogP contribution in [0.25, 0.3) is 22.2 Å². The third kappa shape index (κ3) is 3.42. The summed E-state index contributed by atoms with van der Waals surface area (Å²) in [5.41, 5.74) is 3.71. The molecule has 0 amide bonds. The lowest BCUT2D eigenvalue weighted by Gasteiger charge is -2.21. The van der Waals surface area contributed by atoms with Gasteiger partial charge < -0.3 is 4.74 Å². The zero-order chi connectivity index (χ0) is 16.4. The molecule has 0 radical (unpaired) electrons. The maximum Gasteiger partial charge on any atom is 0.129 e. The summed E-state index contributed by atoms with van der Waals surface area (Å²) >= 11 is 5.97. The quantitative estimate of drug-likeness (QED) is 0.673. The molecule has 1 fully saturated rings. The van der Waals surface area contributed by atoms with E-state index in [1.165, 1.54) is 0 Å². The normalized spacial score (nSPS) is 15.9. The Balaban J connectivity index is 1.49. The molecule has 1 saturated heterocycles. The molecule has 0 aromatic carbocycles. The number of ether oxygens (including phenoxy) is 1. The summed E-state index contributed by atoms with van der Waals surface area (Å²) in [7, 11) is 0. The van der Waals surface area contributed by atoms with Crippen molar-refractivity contribution in [1.29, 1.82) is 0 Å². The molecular weight excluding hydrogens is 324 g/mol. The lowest BCUT2D eigenvalue weighted by molar-refractivity contribution is 0.0623. The van der Waals surface area contributed by atoms with Crippen LogP contribution in [0.15, 0.2) is 36.8 Å². The van der Waals surface area contributed by atoms with Gasteiger partial charge in [0.05, 0.1) is 17.2 Å². The van der Waals surface area contributed by atoms with Crippen molar-refractivity contribution in [2.45, 2.75) is 25.8 Å². The van der Waals surface area contributed by atoms with Crippen molar-refractivity contribution in [3.05, 3.63) is 41.9 Å². The second-order valence-electron chi connectivity index (χ2n) is 6.23. The Morgan fingerprint density at radius 1 is 1.12 bits per heavy atom. The molecule has 4 heterocycles. The van der Waals surface area contributed by atoms with E-state index in [9.17, 15) is 0 Å². The molecule has 0 spiro atoms. The van der Waals surface area contributed by atoms with Gasteiger partial charge in [0.1, 0.15) is 5.15 Å². The highest BCUT2D eigenvalue weighted by Gasteiger charge is 2.14. The standard InChI is InChI=1S/C18H19ClN4O/c19-18-2-1-16-17(22-18)9-14(10-20-16)15-11-21-23(12-15)6-3-13-4-7-24-8-5-13/h1-2,9-13H,3-8H2. The molecule has 0 bridgehead atoms. The van der Waals surface area contributed by atoms with E-state index in [0.29, 0.717) is 5.15 Å². The summed E-state index contributed by atoms with van der Waals surface area (Å²) in [6.07, 6.45) is 9.30. The van der Waals surface area contributed by atoms with Gasteiger partial charge in [-0.3, -0.25) is 9.67 Å². The average molecular weight is 343 g/mol. The molecular formula is C18H19ClN4O. The average Bonchev–Trinajstić information content (AvgIpc) is 3.09. The van der Waals surface area contributed by atoms with Gasteiger partial charge in [-0.25, -0.2) is 4.98 Å². The molecule has 3 aromatic heterocycles. The number of hydrogen-bond acceptors (Lipinski definition) is 4. The van der Waals surface area contributed by atoms with E-state index in [4.69, 9.17) is 16.3 Å². The van der Waals surface area contributed by atoms with Crippen molar-refractivity contribution in [1.82, 2.24) is 19.7 Å². The van der Waals surface area contributed by atoms with E-state index in [2.05, 4.69) is 21.3 Å². The Kier molecular flexibility index (Phi) is 4.45. The lowest BCUT2D eigenvalue weighted by atomic mass is 9.97. The molecule has 0 atom stereocenters. The zero-order valence-corrected chi connectivity index (χ0v) is 14.1. The van der Waals surface area contributed by atoms with Crippen LogP contribution in [-0.2, 0) is 11.3 Å². The van der Waals surface area contributed by atoms with Crippen LogP contribution in [0.3, 0.4) is 0 Å². The second kappa shape index (κ2) is 6.87. The van der Waals surface area contributed by atoms with Crippen molar-refractivity contribution in [2.24, 2.45) is 5.92 Å². The molecule has 5 nitrogen and oxygen atoms in total. The maximum atomic E-state index is 5.97. The number of halogens is 1. The van der Waals surface area contributed by atoms with E-state index < -0.39 is 0 Å². The van der Waals surface area contributed by atoms with Crippen molar-refractivity contribution in [2.75, 3.05) is 13.2 Å². The van der Waals surface area contributed by atoms with Crippen molar-refractivity contribution in [3.8, 4) is 11.1 Å². The summed E-state index contributed by atoms with van der Waals surface area (Å²) in [5.74, 6) is 0.750. The predicted octanol–water partition coefficient (Wildman–Crippen LogP) is 3.96. The minimum Gasteiger partial charge on any atom is -0.381 e. The highest BCUT2D eigenvalue weighted by molar-refractivity contribution is 6.29. The van der Waals surface area contributed by atoms with E-state index in [-0.39, 0.29) is 0 Å². The van der Waals surface area contributed by atoms with Crippen LogP contribution >= 0.6 is 11.6 Å². The minimum absolute atomic E-state index is 0.480. The third-order valence-corrected chi connectivity index (χ3v) is 4.79. The van der Waals surface area contributed by atoms with Crippen LogP contribution in [0.5, 0.6) is 0 Å². The van der Waals surface area contributed by atoms with Gasteiger partial charge in [0.2, 0.25) is 0 Å². The molecule has 124 valence electrons. The topological polar surface area (TPSA) is 52.8 Å². The van der Waals surface area contributed by atoms with E-state index in [1.54, 1.807) is 6.07 Å². The fraction of sp³-hybridized carbons (Fsp3) is 0.389. The van der Waals surface area contributed by atoms with Gasteiger partial charge in [-0.2, -0.15) is 5.10 Å². The zero-order valence-electron chi connectivity index (χ0n) is 13.4. The van der Waals surface area contributed by atoms with Gasteiger partial charge in [-0.05, 0) is 43.4 Å². The van der Waals surface area contributed by atoms with E-state index >= 15 is 0 Å². The van der Waals surface area contributed by atoms with Gasteiger partial charge in [-0.15, -0.1) is 0 Å². The Hall–Kier alpha value is -1.98. The fourth-order valence-corrected chi connectivity index (χ4v) is 3.28. The highest BCUT2D eigenvalue weighted by atomic mass is 35.5. The molecule has 4 rings (SSSR count). The number of aromatic nitrogens is 4. The number of fused-ring (bicyclic) bond motifs is 1. The number of aryl methyl sites for hydroxylation is 1. The summed E-state index contributed by atoms with van der Waals surface area (Å²) in [6, 6.07) is 5.64. The lowest BCUT2D eigenvalue weighted by Crippen LogP contribution is -2.17. The molecule has 6 heteroatoms. The molecule has 24 heavy (non-hydrogen) atoms. The third-order valence-electron chi connectivity index (χ3n) is 4.58. The number of hydrogen-bond donors (Lipinski definition) is 0. The summed E-state index contributed by atoms with van der Waals surface area (Å²) in [4.78, 5) is 8.79. The number of rotatable bonds is 4. The summed E-state index contributed by atoms with van der Waals surface area (Å²) < 4.78 is 7.43. The predicted molar refractivity (Wildman–Crippen MR) is 93.9 cm³/mol. The van der Waals surface area contributed by atoms with Gasteiger partial charge in [-0.1, -0.05) is 11.6 Å². The first-order chi connectivity index (χ1) is 11.8. The van der Waals surface area contributed by atoms with Crippen molar-refractivity contribution >= 4 is 22.6 Å². The van der Waals surface area contributed by atoms with Crippen LogP contribution in [0, 0.1) is 5.92 Å². The first kappa shape index (κ1) is 15.5. The van der Waals surface area contributed by atoms with Crippen molar-refractivity contribution in [3.63, 3.8) is 0 Å². The Labute approximate surface area is 145 Å². The van der Waals surface area contributed by atoms with Crippen LogP contribution in [0.1, 0.15) is 19.3 Å². The number of nitrogens with zero attached hydrogens (tertiary/aromatic N) is 4. The van der Waals surface area contributed by atoms with Gasteiger partial charge in [0.15, 0.2) is 0 Å². The van der Waals surface area contributed by atoms with E-state index in [0.717, 1.165) is 67.1 Å². The highest BCUT2D eigenvalue weighted by Crippen LogP contribution is 2.23. The molecule has 0 aliphatic carbocycles. The monoisotopic (exact) mass is 342 g/mol. The molecule has 3 aromatic rings. The SMILES string of the molecule is Clc1ccc2ncc(-c3cnn(CCC4CCOCC4)c3)cc2n1. The maximum absolute atomic E-state index is 5.97. The summed E-state index contributed by atoms with van der Waals surface area (Å²) in [6.45, 7) is 2.73. The Morgan fingerprint density at radius 3 is 2.88 bits per heavy atom. The van der Waals surface area contributed by atoms with Crippen molar-refractivity contribution < 1.29 is 4.74 Å². The van der Waals surface area contributed by atoms with Crippen LogP contribution in [-0.4, -0.2) is 33.0 Å². The van der Waals surface area contributed by atoms with Crippen LogP contribution in [0.4, 0.5) is 0 Å². The largest absolute Gasteiger partial charge is 0.381 e. The van der Waals surface area contributed by atoms with Crippen LogP contribution in [0.2, 0.25) is 5.15 Å². The molecule has 1 aliphatic rings. The second-order valence-corrected chi connectivity index (χ2v) is 6.62. The van der Waals surface area contributed by atoms with E-state index in [1.807, 2.05) is 29.2 Å². The first-order valence-corrected chi connectivity index (χ1v) is 8.68. The Bertz CT molecular complexity index is 842. The Morgan fingerprint density at radius 2 is 2.00 bits per heavy atom. The first-order valence-electron chi connectivity index (χ1n) is 8.31. The fourth-order valence-electron chi connectivity index (χ4n) is 3.12. The molecule has 1 aliphatic heterocycles. The van der Waals surface area contributed by atoms with Gasteiger partial charge in [0, 0.05) is 43.3 Å². The molecule has 0 N–H and O–H groups in total.